The van der Waals surface area contributed by atoms with Crippen molar-refractivity contribution >= 4 is 23.4 Å². The van der Waals surface area contributed by atoms with E-state index in [4.69, 9.17) is 10.8 Å². The summed E-state index contributed by atoms with van der Waals surface area (Å²) in [6.07, 6.45) is 0. The largest absolute Gasteiger partial charge is 0.475 e. The van der Waals surface area contributed by atoms with Gasteiger partial charge in [-0.3, -0.25) is 10.1 Å². The molecule has 3 N–H and O–H groups in total. The number of nitrogen functional groups attached to an aromatic ring is 1. The molecule has 0 bridgehead atoms. The van der Waals surface area contributed by atoms with Crippen LogP contribution in [-0.4, -0.2) is 21.4 Å². The number of carboxylic acid groups (broad SMARTS) is 1. The molecule has 0 aliphatic rings. The van der Waals surface area contributed by atoms with Gasteiger partial charge in [-0.1, -0.05) is 0 Å². The van der Waals surface area contributed by atoms with Crippen LogP contribution < -0.4 is 5.73 Å². The number of aliphatic carboxylic acids is 1. The van der Waals surface area contributed by atoms with E-state index in [1.54, 1.807) is 26.0 Å². The van der Waals surface area contributed by atoms with E-state index in [0.717, 1.165) is 11.1 Å². The van der Waals surface area contributed by atoms with E-state index in [0.29, 0.717) is 22.3 Å². The monoisotopic (exact) mass is 256 g/mol. The summed E-state index contributed by atoms with van der Waals surface area (Å²) in [5.74, 6) is -1.46. The molecular weight excluding hydrogens is 244 g/mol. The van der Waals surface area contributed by atoms with E-state index < -0.39 is 16.3 Å². The first-order valence-corrected chi connectivity index (χ1v) is 5.60. The van der Waals surface area contributed by atoms with E-state index in [1.165, 1.54) is 0 Å². The molecule has 1 atom stereocenters. The molecule has 1 aromatic rings. The van der Waals surface area contributed by atoms with Crippen molar-refractivity contribution in [1.29, 1.82) is 0 Å². The van der Waals surface area contributed by atoms with Crippen LogP contribution in [0.15, 0.2) is 17.0 Å². The van der Waals surface area contributed by atoms with Crippen LogP contribution in [0.25, 0.3) is 0 Å². The number of benzene rings is 1. The number of thioether (sulfide) groups is 1. The molecule has 0 aliphatic heterocycles. The number of nitro groups is 1. The van der Waals surface area contributed by atoms with Gasteiger partial charge < -0.3 is 10.8 Å². The predicted octanol–water partition coefficient (Wildman–Crippen LogP) is 1.67. The molecule has 6 nitrogen and oxygen atoms in total. The zero-order valence-electron chi connectivity index (χ0n) is 9.34. The van der Waals surface area contributed by atoms with Gasteiger partial charge in [-0.2, -0.15) is 0 Å². The standard InChI is InChI=1S/C10H12N2O4S/c1-5-3-7(11)4-6(2)8(5)17-9(10(13)14)12(15)16/h3-4,9H,11H2,1-2H3,(H,13,14). The number of aryl methyl sites for hydroxylation is 2. The minimum atomic E-state index is -1.70. The second kappa shape index (κ2) is 5.05. The molecule has 0 heterocycles. The molecule has 0 radical (unpaired) electrons. The fourth-order valence-electron chi connectivity index (χ4n) is 1.46. The Balaban J connectivity index is 3.10. The fourth-order valence-corrected chi connectivity index (χ4v) is 2.36. The molecule has 1 unspecified atom stereocenters. The van der Waals surface area contributed by atoms with Gasteiger partial charge >= 0.3 is 11.3 Å². The molecule has 0 saturated carbocycles. The van der Waals surface area contributed by atoms with Gasteiger partial charge in [-0.05, 0) is 48.9 Å². The first-order valence-electron chi connectivity index (χ1n) is 4.72. The zero-order chi connectivity index (χ0) is 13.2. The third kappa shape index (κ3) is 3.10. The van der Waals surface area contributed by atoms with E-state index in [9.17, 15) is 14.9 Å². The summed E-state index contributed by atoms with van der Waals surface area (Å²) < 4.78 is 0. The minimum Gasteiger partial charge on any atom is -0.475 e. The fraction of sp³-hybridized carbons (Fsp3) is 0.300. The molecule has 0 aliphatic carbocycles. The van der Waals surface area contributed by atoms with Crippen molar-refractivity contribution in [3.8, 4) is 0 Å². The Kier molecular flexibility index (Phi) is 3.95. The van der Waals surface area contributed by atoms with Gasteiger partial charge in [0.05, 0.1) is 0 Å². The van der Waals surface area contributed by atoms with Gasteiger partial charge in [-0.15, -0.1) is 0 Å². The van der Waals surface area contributed by atoms with E-state index in [-0.39, 0.29) is 0 Å². The Labute approximate surface area is 102 Å². The number of carbonyl (C=O) groups is 1. The Bertz CT molecular complexity index is 438. The Hall–Kier alpha value is -1.76. The minimum absolute atomic E-state index is 0.553. The first-order chi connectivity index (χ1) is 7.82. The molecule has 17 heavy (non-hydrogen) atoms. The maximum Gasteiger partial charge on any atom is 0.390 e. The van der Waals surface area contributed by atoms with Gasteiger partial charge in [0.25, 0.3) is 0 Å². The van der Waals surface area contributed by atoms with Crippen molar-refractivity contribution in [2.75, 3.05) is 5.73 Å². The summed E-state index contributed by atoms with van der Waals surface area (Å²) in [6.45, 7) is 3.48. The summed E-state index contributed by atoms with van der Waals surface area (Å²) in [7, 11) is 0. The van der Waals surface area contributed by atoms with Gasteiger partial charge in [0.2, 0.25) is 0 Å². The average Bonchev–Trinajstić information content (AvgIpc) is 2.14. The molecule has 0 fully saturated rings. The first kappa shape index (κ1) is 13.3. The van der Waals surface area contributed by atoms with Crippen molar-refractivity contribution in [2.24, 2.45) is 0 Å². The molecule has 0 amide bonds. The van der Waals surface area contributed by atoms with Crippen molar-refractivity contribution in [3.05, 3.63) is 33.4 Å². The summed E-state index contributed by atoms with van der Waals surface area (Å²) >= 11 is 0.713. The van der Waals surface area contributed by atoms with Crippen molar-refractivity contribution in [3.63, 3.8) is 0 Å². The third-order valence-corrected chi connectivity index (χ3v) is 3.59. The molecule has 0 spiro atoms. The number of hydrogen-bond acceptors (Lipinski definition) is 5. The molecule has 1 rings (SSSR count). The van der Waals surface area contributed by atoms with Crippen LogP contribution in [-0.2, 0) is 4.79 Å². The number of hydrogen-bond donors (Lipinski definition) is 2. The zero-order valence-corrected chi connectivity index (χ0v) is 10.2. The second-order valence-corrected chi connectivity index (χ2v) is 4.67. The van der Waals surface area contributed by atoms with Gasteiger partial charge in [-0.25, -0.2) is 4.79 Å². The van der Waals surface area contributed by atoms with E-state index >= 15 is 0 Å². The number of carboxylic acids is 1. The van der Waals surface area contributed by atoms with Crippen LogP contribution in [0.2, 0.25) is 0 Å². The van der Waals surface area contributed by atoms with Crippen molar-refractivity contribution < 1.29 is 14.8 Å². The summed E-state index contributed by atoms with van der Waals surface area (Å²) in [5.41, 5.74) is 7.65. The van der Waals surface area contributed by atoms with Crippen LogP contribution in [0, 0.1) is 24.0 Å². The number of rotatable bonds is 4. The van der Waals surface area contributed by atoms with Gasteiger partial charge in [0, 0.05) is 15.5 Å². The summed E-state index contributed by atoms with van der Waals surface area (Å²) in [5, 5.41) is 17.7. The highest BCUT2D eigenvalue weighted by Gasteiger charge is 2.31. The average molecular weight is 256 g/mol. The van der Waals surface area contributed by atoms with Gasteiger partial charge in [0.15, 0.2) is 0 Å². The normalized spacial score (nSPS) is 12.1. The number of anilines is 1. The lowest BCUT2D eigenvalue weighted by molar-refractivity contribution is -0.484. The highest BCUT2D eigenvalue weighted by Crippen LogP contribution is 2.31. The van der Waals surface area contributed by atoms with Crippen molar-refractivity contribution in [2.45, 2.75) is 24.1 Å². The topological polar surface area (TPSA) is 106 Å². The van der Waals surface area contributed by atoms with Crippen LogP contribution in [0.4, 0.5) is 5.69 Å². The second-order valence-electron chi connectivity index (χ2n) is 3.58. The molecule has 92 valence electrons. The SMILES string of the molecule is Cc1cc(N)cc(C)c1SC(C(=O)O)[N+](=O)[O-]. The molecule has 1 aromatic carbocycles. The lowest BCUT2D eigenvalue weighted by Gasteiger charge is -2.11. The Morgan fingerprint density at radius 3 is 2.29 bits per heavy atom. The molecule has 0 saturated heterocycles. The van der Waals surface area contributed by atoms with E-state index in [1.807, 2.05) is 0 Å². The van der Waals surface area contributed by atoms with Crippen molar-refractivity contribution in [1.82, 2.24) is 0 Å². The van der Waals surface area contributed by atoms with Crippen LogP contribution in [0.5, 0.6) is 0 Å². The lowest BCUT2D eigenvalue weighted by atomic mass is 10.1. The van der Waals surface area contributed by atoms with Crippen LogP contribution >= 0.6 is 11.8 Å². The Morgan fingerprint density at radius 1 is 1.47 bits per heavy atom. The quantitative estimate of drug-likeness (QED) is 0.279. The maximum atomic E-state index is 10.7. The van der Waals surface area contributed by atoms with E-state index in [2.05, 4.69) is 0 Å². The smallest absolute Gasteiger partial charge is 0.390 e. The number of nitrogens with zero attached hydrogens (tertiary/aromatic N) is 1. The third-order valence-electron chi connectivity index (χ3n) is 2.11. The Morgan fingerprint density at radius 2 is 1.94 bits per heavy atom. The maximum absolute atomic E-state index is 10.7. The summed E-state index contributed by atoms with van der Waals surface area (Å²) in [6, 6.07) is 3.32. The molecule has 0 aromatic heterocycles. The van der Waals surface area contributed by atoms with Crippen LogP contribution in [0.1, 0.15) is 11.1 Å². The highest BCUT2D eigenvalue weighted by atomic mass is 32.2. The molecular formula is C10H12N2O4S. The predicted molar refractivity (Wildman–Crippen MR) is 64.6 cm³/mol. The number of nitrogens with two attached hydrogens (primary N) is 1. The summed E-state index contributed by atoms with van der Waals surface area (Å²) in [4.78, 5) is 21.1. The van der Waals surface area contributed by atoms with Crippen LogP contribution in [0.3, 0.4) is 0 Å². The molecule has 7 heteroatoms. The lowest BCUT2D eigenvalue weighted by Crippen LogP contribution is -2.25. The van der Waals surface area contributed by atoms with Gasteiger partial charge in [0.1, 0.15) is 0 Å². The highest BCUT2D eigenvalue weighted by molar-refractivity contribution is 8.00.